The smallest absolute Gasteiger partial charge is 0.0791 e. The average molecular weight is 270 g/mol. The molecule has 4 heteroatoms. The molecule has 0 aromatic rings. The van der Waals surface area contributed by atoms with Gasteiger partial charge in [0.2, 0.25) is 0 Å². The molecule has 19 heavy (non-hydrogen) atoms. The molecule has 1 aliphatic heterocycles. The first kappa shape index (κ1) is 15.2. The molecule has 0 spiro atoms. The van der Waals surface area contributed by atoms with Crippen molar-refractivity contribution in [2.75, 3.05) is 45.9 Å². The summed E-state index contributed by atoms with van der Waals surface area (Å²) in [5, 5.41) is 13.5. The zero-order valence-corrected chi connectivity index (χ0v) is 12.3. The van der Waals surface area contributed by atoms with Gasteiger partial charge in [0.1, 0.15) is 0 Å². The quantitative estimate of drug-likeness (QED) is 0.758. The van der Waals surface area contributed by atoms with Crippen molar-refractivity contribution < 1.29 is 9.84 Å². The van der Waals surface area contributed by atoms with Gasteiger partial charge in [-0.3, -0.25) is 4.90 Å². The molecule has 112 valence electrons. The molecule has 2 fully saturated rings. The zero-order chi connectivity index (χ0) is 13.5. The van der Waals surface area contributed by atoms with Crippen LogP contribution in [0, 0.1) is 11.8 Å². The molecule has 2 rings (SSSR count). The predicted molar refractivity (Wildman–Crippen MR) is 77.3 cm³/mol. The van der Waals surface area contributed by atoms with Gasteiger partial charge in [-0.2, -0.15) is 0 Å². The van der Waals surface area contributed by atoms with Crippen molar-refractivity contribution in [2.24, 2.45) is 11.8 Å². The molecule has 0 bridgehead atoms. The second-order valence-corrected chi connectivity index (χ2v) is 6.25. The molecule has 1 saturated heterocycles. The molecule has 2 aliphatic rings. The number of aliphatic hydroxyl groups is 1. The van der Waals surface area contributed by atoms with E-state index in [0.29, 0.717) is 0 Å². The van der Waals surface area contributed by atoms with E-state index in [1.807, 2.05) is 0 Å². The Morgan fingerprint density at radius 1 is 1.26 bits per heavy atom. The fourth-order valence-corrected chi connectivity index (χ4v) is 3.28. The van der Waals surface area contributed by atoms with E-state index in [1.54, 1.807) is 0 Å². The SMILES string of the molecule is CC1CCCCC1CNCC(O)CN1CCOCC1. The van der Waals surface area contributed by atoms with Crippen molar-refractivity contribution in [3.05, 3.63) is 0 Å². The van der Waals surface area contributed by atoms with E-state index in [-0.39, 0.29) is 6.10 Å². The minimum absolute atomic E-state index is 0.253. The largest absolute Gasteiger partial charge is 0.390 e. The fourth-order valence-electron chi connectivity index (χ4n) is 3.28. The molecule has 2 N–H and O–H groups in total. The topological polar surface area (TPSA) is 44.7 Å². The summed E-state index contributed by atoms with van der Waals surface area (Å²) in [5.41, 5.74) is 0. The number of β-amino-alcohol motifs (C(OH)–C–C–N with tert-alkyl or cyclic N) is 1. The summed E-state index contributed by atoms with van der Waals surface area (Å²) in [6.07, 6.45) is 5.26. The van der Waals surface area contributed by atoms with Crippen molar-refractivity contribution in [3.8, 4) is 0 Å². The molecular weight excluding hydrogens is 240 g/mol. The predicted octanol–water partition coefficient (Wildman–Crippen LogP) is 1.10. The third kappa shape index (κ3) is 5.38. The summed E-state index contributed by atoms with van der Waals surface area (Å²) in [4.78, 5) is 2.29. The van der Waals surface area contributed by atoms with Crippen LogP contribution < -0.4 is 5.32 Å². The van der Waals surface area contributed by atoms with E-state index in [2.05, 4.69) is 17.1 Å². The van der Waals surface area contributed by atoms with Crippen molar-refractivity contribution in [1.82, 2.24) is 10.2 Å². The molecule has 0 aromatic carbocycles. The van der Waals surface area contributed by atoms with Gasteiger partial charge in [0, 0.05) is 26.2 Å². The van der Waals surface area contributed by atoms with Crippen LogP contribution in [0.2, 0.25) is 0 Å². The fraction of sp³-hybridized carbons (Fsp3) is 1.00. The summed E-state index contributed by atoms with van der Waals surface area (Å²) >= 11 is 0. The lowest BCUT2D eigenvalue weighted by atomic mass is 9.80. The summed E-state index contributed by atoms with van der Waals surface area (Å²) in [7, 11) is 0. The lowest BCUT2D eigenvalue weighted by Crippen LogP contribution is -2.44. The molecule has 1 saturated carbocycles. The monoisotopic (exact) mass is 270 g/mol. The van der Waals surface area contributed by atoms with Gasteiger partial charge in [-0.25, -0.2) is 0 Å². The van der Waals surface area contributed by atoms with E-state index in [1.165, 1.54) is 25.7 Å². The van der Waals surface area contributed by atoms with Gasteiger partial charge in [-0.05, 0) is 24.8 Å². The Morgan fingerprint density at radius 3 is 2.74 bits per heavy atom. The van der Waals surface area contributed by atoms with Gasteiger partial charge in [-0.1, -0.05) is 26.2 Å². The molecule has 0 aromatic heterocycles. The van der Waals surface area contributed by atoms with Crippen LogP contribution in [0.25, 0.3) is 0 Å². The Hall–Kier alpha value is -0.160. The van der Waals surface area contributed by atoms with E-state index >= 15 is 0 Å². The van der Waals surface area contributed by atoms with Crippen LogP contribution in [0.3, 0.4) is 0 Å². The maximum absolute atomic E-state index is 10.1. The van der Waals surface area contributed by atoms with Crippen molar-refractivity contribution in [2.45, 2.75) is 38.7 Å². The van der Waals surface area contributed by atoms with Gasteiger partial charge < -0.3 is 15.2 Å². The molecule has 4 nitrogen and oxygen atoms in total. The van der Waals surface area contributed by atoms with E-state index in [4.69, 9.17) is 4.74 Å². The first-order valence-electron chi connectivity index (χ1n) is 7.94. The Bertz CT molecular complexity index is 244. The van der Waals surface area contributed by atoms with Gasteiger partial charge >= 0.3 is 0 Å². The van der Waals surface area contributed by atoms with E-state index < -0.39 is 0 Å². The third-order valence-electron chi connectivity index (χ3n) is 4.65. The second-order valence-electron chi connectivity index (χ2n) is 6.25. The molecule has 3 unspecified atom stereocenters. The normalized spacial score (nSPS) is 31.3. The highest BCUT2D eigenvalue weighted by atomic mass is 16.5. The van der Waals surface area contributed by atoms with E-state index in [9.17, 15) is 5.11 Å². The van der Waals surface area contributed by atoms with Crippen molar-refractivity contribution >= 4 is 0 Å². The summed E-state index contributed by atoms with van der Waals surface area (Å²) < 4.78 is 5.31. The summed E-state index contributed by atoms with van der Waals surface area (Å²) in [6, 6.07) is 0. The highest BCUT2D eigenvalue weighted by molar-refractivity contribution is 4.75. The minimum atomic E-state index is -0.253. The van der Waals surface area contributed by atoms with Crippen molar-refractivity contribution in [3.63, 3.8) is 0 Å². The lowest BCUT2D eigenvalue weighted by molar-refractivity contribution is 0.0146. The number of hydrogen-bond acceptors (Lipinski definition) is 4. The number of hydrogen-bond donors (Lipinski definition) is 2. The molecule has 0 radical (unpaired) electrons. The number of nitrogens with one attached hydrogen (secondary N) is 1. The van der Waals surface area contributed by atoms with Crippen LogP contribution in [-0.4, -0.2) is 62.0 Å². The highest BCUT2D eigenvalue weighted by Gasteiger charge is 2.21. The Kier molecular flexibility index (Phi) is 6.57. The van der Waals surface area contributed by atoms with Crippen LogP contribution in [0.1, 0.15) is 32.6 Å². The Morgan fingerprint density at radius 2 is 2.00 bits per heavy atom. The van der Waals surface area contributed by atoms with Crippen molar-refractivity contribution in [1.29, 1.82) is 0 Å². The first-order chi connectivity index (χ1) is 9.25. The maximum atomic E-state index is 10.1. The Balaban J connectivity index is 1.56. The molecule has 1 aliphatic carbocycles. The minimum Gasteiger partial charge on any atom is -0.390 e. The molecular formula is C15H30N2O2. The average Bonchev–Trinajstić information content (AvgIpc) is 2.42. The molecule has 0 amide bonds. The van der Waals surface area contributed by atoms with Gasteiger partial charge in [0.25, 0.3) is 0 Å². The number of morpholine rings is 1. The molecule has 3 atom stereocenters. The zero-order valence-electron chi connectivity index (χ0n) is 12.3. The van der Waals surface area contributed by atoms with Crippen LogP contribution >= 0.6 is 0 Å². The standard InChI is InChI=1S/C15H30N2O2/c1-13-4-2-3-5-14(13)10-16-11-15(18)12-17-6-8-19-9-7-17/h13-16,18H,2-12H2,1H3. The number of aliphatic hydroxyl groups excluding tert-OH is 1. The van der Waals surface area contributed by atoms with Gasteiger partial charge in [0.15, 0.2) is 0 Å². The first-order valence-corrected chi connectivity index (χ1v) is 7.94. The number of ether oxygens (including phenoxy) is 1. The third-order valence-corrected chi connectivity index (χ3v) is 4.65. The highest BCUT2D eigenvalue weighted by Crippen LogP contribution is 2.28. The van der Waals surface area contributed by atoms with Crippen LogP contribution in [0.15, 0.2) is 0 Å². The summed E-state index contributed by atoms with van der Waals surface area (Å²) in [5.74, 6) is 1.65. The second kappa shape index (κ2) is 8.20. The van der Waals surface area contributed by atoms with Crippen LogP contribution in [0.4, 0.5) is 0 Å². The van der Waals surface area contributed by atoms with Crippen LogP contribution in [-0.2, 0) is 4.74 Å². The summed E-state index contributed by atoms with van der Waals surface area (Å²) in [6.45, 7) is 8.46. The molecule has 1 heterocycles. The van der Waals surface area contributed by atoms with Crippen LogP contribution in [0.5, 0.6) is 0 Å². The van der Waals surface area contributed by atoms with E-state index in [0.717, 1.165) is 57.8 Å². The van der Waals surface area contributed by atoms with Gasteiger partial charge in [0.05, 0.1) is 19.3 Å². The Labute approximate surface area is 117 Å². The van der Waals surface area contributed by atoms with Gasteiger partial charge in [-0.15, -0.1) is 0 Å². The number of nitrogens with zero attached hydrogens (tertiary/aromatic N) is 1. The lowest BCUT2D eigenvalue weighted by Gasteiger charge is -2.30. The maximum Gasteiger partial charge on any atom is 0.0791 e. The number of rotatable bonds is 6.